The van der Waals surface area contributed by atoms with Gasteiger partial charge in [0.2, 0.25) is 10.0 Å². The molecule has 0 unspecified atom stereocenters. The second-order valence-electron chi connectivity index (χ2n) is 4.37. The van der Waals surface area contributed by atoms with Crippen LogP contribution in [0, 0.1) is 0 Å². The van der Waals surface area contributed by atoms with Crippen LogP contribution in [0.2, 0.25) is 5.02 Å². The Balaban J connectivity index is 2.03. The number of carbonyl (C=O) groups excluding carboxylic acids is 1. The van der Waals surface area contributed by atoms with Crippen LogP contribution in [0.5, 0.6) is 0 Å². The molecular formula is C12H13ClN4O3S. The second kappa shape index (κ2) is 5.84. The number of benzene rings is 1. The van der Waals surface area contributed by atoms with Crippen LogP contribution in [0.25, 0.3) is 0 Å². The Kier molecular flexibility index (Phi) is 4.31. The van der Waals surface area contributed by atoms with Crippen molar-refractivity contribution in [2.24, 2.45) is 12.2 Å². The molecular weight excluding hydrogens is 316 g/mol. The molecule has 0 saturated heterocycles. The van der Waals surface area contributed by atoms with E-state index in [-0.39, 0.29) is 22.2 Å². The lowest BCUT2D eigenvalue weighted by Crippen LogP contribution is -2.23. The molecule has 0 aliphatic heterocycles. The maximum Gasteiger partial charge on any atom is 0.273 e. The Morgan fingerprint density at radius 1 is 1.38 bits per heavy atom. The summed E-state index contributed by atoms with van der Waals surface area (Å²) in [6.45, 7) is 0.219. The number of sulfonamides is 1. The molecule has 7 nitrogen and oxygen atoms in total. The third-order valence-electron chi connectivity index (χ3n) is 2.70. The standard InChI is InChI=1S/C12H13ClN4O3S/c1-17-7-10(13)11(16-17)12(18)15-6-8-2-4-9(5-3-8)21(14,19)20/h2-5,7H,6H2,1H3,(H,15,18)(H2,14,19,20). The molecule has 1 aromatic carbocycles. The van der Waals surface area contributed by atoms with E-state index in [0.29, 0.717) is 0 Å². The number of amides is 1. The highest BCUT2D eigenvalue weighted by Crippen LogP contribution is 2.13. The van der Waals surface area contributed by atoms with Gasteiger partial charge in [-0.1, -0.05) is 23.7 Å². The van der Waals surface area contributed by atoms with Crippen LogP contribution in [0.1, 0.15) is 16.1 Å². The predicted molar refractivity (Wildman–Crippen MR) is 77.2 cm³/mol. The summed E-state index contributed by atoms with van der Waals surface area (Å²) in [4.78, 5) is 11.9. The second-order valence-corrected chi connectivity index (χ2v) is 6.34. The lowest BCUT2D eigenvalue weighted by molar-refractivity contribution is 0.0945. The first kappa shape index (κ1) is 15.5. The molecule has 1 aromatic heterocycles. The molecule has 2 aromatic rings. The third kappa shape index (κ3) is 3.81. The van der Waals surface area contributed by atoms with Crippen LogP contribution in [-0.2, 0) is 23.6 Å². The Labute approximate surface area is 126 Å². The molecule has 9 heteroatoms. The predicted octanol–water partition coefficient (Wildman–Crippen LogP) is 0.651. The summed E-state index contributed by atoms with van der Waals surface area (Å²) in [5, 5.41) is 11.9. The van der Waals surface area contributed by atoms with E-state index in [0.717, 1.165) is 5.56 Å². The van der Waals surface area contributed by atoms with Gasteiger partial charge in [-0.2, -0.15) is 5.10 Å². The summed E-state index contributed by atoms with van der Waals surface area (Å²) < 4.78 is 23.7. The molecule has 1 heterocycles. The number of aromatic nitrogens is 2. The molecule has 0 bridgehead atoms. The Hall–Kier alpha value is -1.90. The van der Waals surface area contributed by atoms with Crippen molar-refractivity contribution in [2.45, 2.75) is 11.4 Å². The number of primary sulfonamides is 1. The maximum atomic E-state index is 11.9. The minimum atomic E-state index is -3.71. The zero-order valence-corrected chi connectivity index (χ0v) is 12.6. The van der Waals surface area contributed by atoms with E-state index in [1.54, 1.807) is 19.2 Å². The Morgan fingerprint density at radius 2 is 2.00 bits per heavy atom. The fourth-order valence-corrected chi connectivity index (χ4v) is 2.46. The van der Waals surface area contributed by atoms with Crippen molar-refractivity contribution in [1.82, 2.24) is 15.1 Å². The average Bonchev–Trinajstić information content (AvgIpc) is 2.74. The van der Waals surface area contributed by atoms with Crippen LogP contribution < -0.4 is 10.5 Å². The lowest BCUT2D eigenvalue weighted by Gasteiger charge is -2.05. The summed E-state index contributed by atoms with van der Waals surface area (Å²) in [5.41, 5.74) is 0.864. The highest BCUT2D eigenvalue weighted by atomic mass is 35.5. The van der Waals surface area contributed by atoms with Gasteiger partial charge in [0.05, 0.1) is 9.92 Å². The summed E-state index contributed by atoms with van der Waals surface area (Å²) in [7, 11) is -2.05. The number of rotatable bonds is 4. The zero-order valence-electron chi connectivity index (χ0n) is 11.1. The number of hydrogen-bond donors (Lipinski definition) is 2. The SMILES string of the molecule is Cn1cc(Cl)c(C(=O)NCc2ccc(S(N)(=O)=O)cc2)n1. The summed E-state index contributed by atoms with van der Waals surface area (Å²) in [6.07, 6.45) is 1.53. The number of carbonyl (C=O) groups is 1. The van der Waals surface area contributed by atoms with Crippen molar-refractivity contribution in [3.63, 3.8) is 0 Å². The minimum Gasteiger partial charge on any atom is -0.347 e. The largest absolute Gasteiger partial charge is 0.347 e. The van der Waals surface area contributed by atoms with E-state index in [4.69, 9.17) is 16.7 Å². The molecule has 0 aliphatic carbocycles. The summed E-state index contributed by atoms with van der Waals surface area (Å²) in [5.74, 6) is -0.406. The van der Waals surface area contributed by atoms with Crippen LogP contribution in [0.15, 0.2) is 35.4 Å². The Bertz CT molecular complexity index is 768. The number of hydrogen-bond acceptors (Lipinski definition) is 4. The van der Waals surface area contributed by atoms with Gasteiger partial charge in [-0.3, -0.25) is 9.48 Å². The van der Waals surface area contributed by atoms with Crippen LogP contribution in [-0.4, -0.2) is 24.1 Å². The van der Waals surface area contributed by atoms with Crippen molar-refractivity contribution >= 4 is 27.5 Å². The Morgan fingerprint density at radius 3 is 2.48 bits per heavy atom. The first-order valence-electron chi connectivity index (χ1n) is 5.86. The quantitative estimate of drug-likeness (QED) is 0.859. The van der Waals surface area contributed by atoms with E-state index in [1.165, 1.54) is 23.0 Å². The van der Waals surface area contributed by atoms with Gasteiger partial charge in [-0.15, -0.1) is 0 Å². The lowest BCUT2D eigenvalue weighted by atomic mass is 10.2. The molecule has 112 valence electrons. The first-order chi connectivity index (χ1) is 9.77. The van der Waals surface area contributed by atoms with Crippen molar-refractivity contribution in [3.8, 4) is 0 Å². The van der Waals surface area contributed by atoms with Gasteiger partial charge in [-0.25, -0.2) is 13.6 Å². The van der Waals surface area contributed by atoms with Crippen LogP contribution >= 0.6 is 11.6 Å². The van der Waals surface area contributed by atoms with Gasteiger partial charge in [-0.05, 0) is 17.7 Å². The molecule has 1 amide bonds. The summed E-state index contributed by atoms with van der Waals surface area (Å²) >= 11 is 5.87. The number of nitrogens with two attached hydrogens (primary N) is 1. The number of nitrogens with zero attached hydrogens (tertiary/aromatic N) is 2. The number of halogens is 1. The molecule has 3 N–H and O–H groups in total. The maximum absolute atomic E-state index is 11.9. The minimum absolute atomic E-state index is 0.0188. The smallest absolute Gasteiger partial charge is 0.273 e. The molecule has 0 fully saturated rings. The van der Waals surface area contributed by atoms with Crippen molar-refractivity contribution in [1.29, 1.82) is 0 Å². The van der Waals surface area contributed by atoms with Crippen molar-refractivity contribution < 1.29 is 13.2 Å². The topological polar surface area (TPSA) is 107 Å². The average molecular weight is 329 g/mol. The highest BCUT2D eigenvalue weighted by molar-refractivity contribution is 7.89. The van der Waals surface area contributed by atoms with E-state index in [2.05, 4.69) is 10.4 Å². The molecule has 0 aliphatic rings. The van der Waals surface area contributed by atoms with E-state index >= 15 is 0 Å². The van der Waals surface area contributed by atoms with Crippen molar-refractivity contribution in [2.75, 3.05) is 0 Å². The molecule has 0 spiro atoms. The molecule has 2 rings (SSSR count). The van der Waals surface area contributed by atoms with Gasteiger partial charge in [0, 0.05) is 19.8 Å². The number of aryl methyl sites for hydroxylation is 1. The van der Waals surface area contributed by atoms with Gasteiger partial charge in [0.1, 0.15) is 0 Å². The third-order valence-corrected chi connectivity index (χ3v) is 3.91. The van der Waals surface area contributed by atoms with Crippen molar-refractivity contribution in [3.05, 3.63) is 46.7 Å². The molecule has 0 radical (unpaired) electrons. The number of nitrogens with one attached hydrogen (secondary N) is 1. The van der Waals surface area contributed by atoms with Crippen LogP contribution in [0.4, 0.5) is 0 Å². The van der Waals surface area contributed by atoms with E-state index in [1.807, 2.05) is 0 Å². The fraction of sp³-hybridized carbons (Fsp3) is 0.167. The molecule has 21 heavy (non-hydrogen) atoms. The van der Waals surface area contributed by atoms with Gasteiger partial charge in [0.25, 0.3) is 5.91 Å². The van der Waals surface area contributed by atoms with Crippen LogP contribution in [0.3, 0.4) is 0 Å². The highest BCUT2D eigenvalue weighted by Gasteiger charge is 2.14. The van der Waals surface area contributed by atoms with E-state index < -0.39 is 15.9 Å². The zero-order chi connectivity index (χ0) is 15.6. The van der Waals surface area contributed by atoms with Gasteiger partial charge in [0.15, 0.2) is 5.69 Å². The van der Waals surface area contributed by atoms with E-state index in [9.17, 15) is 13.2 Å². The fourth-order valence-electron chi connectivity index (χ4n) is 1.68. The monoisotopic (exact) mass is 328 g/mol. The van der Waals surface area contributed by atoms with Gasteiger partial charge >= 0.3 is 0 Å². The molecule has 0 atom stereocenters. The summed E-state index contributed by atoms with van der Waals surface area (Å²) in [6, 6.07) is 5.90. The van der Waals surface area contributed by atoms with Gasteiger partial charge < -0.3 is 5.32 Å². The normalized spacial score (nSPS) is 11.4. The molecule has 0 saturated carbocycles. The first-order valence-corrected chi connectivity index (χ1v) is 7.79.